The fourth-order valence-electron chi connectivity index (χ4n) is 2.56. The van der Waals surface area contributed by atoms with E-state index in [-0.39, 0.29) is 11.9 Å². The van der Waals surface area contributed by atoms with E-state index in [1.165, 1.54) is 0 Å². The van der Waals surface area contributed by atoms with Crippen LogP contribution in [-0.2, 0) is 22.7 Å². The van der Waals surface area contributed by atoms with Crippen LogP contribution in [0.25, 0.3) is 0 Å². The molecule has 1 aliphatic heterocycles. The molecule has 1 fully saturated rings. The number of amides is 1. The second-order valence-electron chi connectivity index (χ2n) is 5.32. The fraction of sp³-hybridized carbons (Fsp3) is 0.562. The summed E-state index contributed by atoms with van der Waals surface area (Å²) in [6, 6.07) is 8.04. The minimum Gasteiger partial charge on any atom is -0.377 e. The maximum Gasteiger partial charge on any atom is 0.237 e. The van der Waals surface area contributed by atoms with Crippen LogP contribution >= 0.6 is 0 Å². The van der Waals surface area contributed by atoms with Crippen molar-refractivity contribution in [1.82, 2.24) is 10.6 Å². The number of benzene rings is 1. The predicted molar refractivity (Wildman–Crippen MR) is 79.2 cm³/mol. The highest BCUT2D eigenvalue weighted by Crippen LogP contribution is 2.15. The van der Waals surface area contributed by atoms with Gasteiger partial charge in [-0.1, -0.05) is 31.2 Å². The molecule has 1 aromatic carbocycles. The van der Waals surface area contributed by atoms with E-state index in [9.17, 15) is 4.79 Å². The van der Waals surface area contributed by atoms with Crippen LogP contribution in [-0.4, -0.2) is 25.1 Å². The Kier molecular flexibility index (Phi) is 5.56. The molecule has 1 saturated heterocycles. The minimum atomic E-state index is -0.0472. The number of carbonyl (C=O) groups is 1. The first-order chi connectivity index (χ1) is 9.72. The lowest BCUT2D eigenvalue weighted by Gasteiger charge is -2.16. The van der Waals surface area contributed by atoms with Crippen molar-refractivity contribution in [1.29, 1.82) is 0 Å². The van der Waals surface area contributed by atoms with Gasteiger partial charge in [0.2, 0.25) is 5.91 Å². The number of hydrogen-bond donors (Lipinski definition) is 2. The number of carbonyl (C=O) groups excluding carboxylic acids is 1. The molecular weight excluding hydrogens is 252 g/mol. The summed E-state index contributed by atoms with van der Waals surface area (Å²) in [4.78, 5) is 12.1. The molecule has 2 unspecified atom stereocenters. The van der Waals surface area contributed by atoms with E-state index in [0.29, 0.717) is 25.7 Å². The molecule has 0 saturated carbocycles. The molecular formula is C16H24N2O2. The summed E-state index contributed by atoms with van der Waals surface area (Å²) in [5.74, 6) is 0.509. The molecule has 1 aliphatic rings. The van der Waals surface area contributed by atoms with Gasteiger partial charge in [0, 0.05) is 13.2 Å². The third-order valence-electron chi connectivity index (χ3n) is 3.85. The molecule has 0 radical (unpaired) electrons. The Morgan fingerprint density at radius 3 is 2.80 bits per heavy atom. The van der Waals surface area contributed by atoms with Crippen LogP contribution in [0.3, 0.4) is 0 Å². The van der Waals surface area contributed by atoms with Crippen molar-refractivity contribution in [2.45, 2.75) is 39.5 Å². The monoisotopic (exact) mass is 276 g/mol. The van der Waals surface area contributed by atoms with Gasteiger partial charge in [0.15, 0.2) is 0 Å². The largest absolute Gasteiger partial charge is 0.377 e. The van der Waals surface area contributed by atoms with Gasteiger partial charge < -0.3 is 15.4 Å². The van der Waals surface area contributed by atoms with Crippen LogP contribution < -0.4 is 10.6 Å². The van der Waals surface area contributed by atoms with Crippen LogP contribution in [0.2, 0.25) is 0 Å². The highest BCUT2D eigenvalue weighted by molar-refractivity contribution is 5.82. The molecule has 4 heteroatoms. The average molecular weight is 276 g/mol. The first kappa shape index (κ1) is 15.0. The smallest absolute Gasteiger partial charge is 0.237 e. The van der Waals surface area contributed by atoms with Gasteiger partial charge in [0.05, 0.1) is 12.6 Å². The Morgan fingerprint density at radius 1 is 1.40 bits per heavy atom. The summed E-state index contributed by atoms with van der Waals surface area (Å²) < 4.78 is 5.46. The van der Waals surface area contributed by atoms with Crippen LogP contribution in [0, 0.1) is 5.92 Å². The molecule has 1 aromatic rings. The third kappa shape index (κ3) is 3.81. The topological polar surface area (TPSA) is 50.4 Å². The van der Waals surface area contributed by atoms with Gasteiger partial charge in [-0.15, -0.1) is 0 Å². The van der Waals surface area contributed by atoms with Crippen LogP contribution in [0.5, 0.6) is 0 Å². The summed E-state index contributed by atoms with van der Waals surface area (Å²) in [6.07, 6.45) is 1.07. The van der Waals surface area contributed by atoms with Gasteiger partial charge in [-0.3, -0.25) is 4.79 Å². The first-order valence-electron chi connectivity index (χ1n) is 7.38. The quantitative estimate of drug-likeness (QED) is 0.833. The molecule has 110 valence electrons. The summed E-state index contributed by atoms with van der Waals surface area (Å²) >= 11 is 0. The average Bonchev–Trinajstić information content (AvgIpc) is 2.89. The SMILES string of the molecule is CCOCc1ccccc1CNC(=O)C1NCCC1C. The van der Waals surface area contributed by atoms with Gasteiger partial charge in [-0.2, -0.15) is 0 Å². The maximum absolute atomic E-state index is 12.1. The normalized spacial score (nSPS) is 21.9. The molecule has 1 amide bonds. The molecule has 4 nitrogen and oxygen atoms in total. The molecule has 2 N–H and O–H groups in total. The van der Waals surface area contributed by atoms with Crippen molar-refractivity contribution in [2.24, 2.45) is 5.92 Å². The molecule has 0 aromatic heterocycles. The van der Waals surface area contributed by atoms with Gasteiger partial charge in [-0.25, -0.2) is 0 Å². The second-order valence-corrected chi connectivity index (χ2v) is 5.32. The van der Waals surface area contributed by atoms with Crippen molar-refractivity contribution < 1.29 is 9.53 Å². The Morgan fingerprint density at radius 2 is 2.15 bits per heavy atom. The number of rotatable bonds is 6. The third-order valence-corrected chi connectivity index (χ3v) is 3.85. The zero-order chi connectivity index (χ0) is 14.4. The lowest BCUT2D eigenvalue weighted by Crippen LogP contribution is -2.43. The Hall–Kier alpha value is -1.39. The lowest BCUT2D eigenvalue weighted by molar-refractivity contribution is -0.123. The van der Waals surface area contributed by atoms with Gasteiger partial charge in [-0.05, 0) is 36.9 Å². The Balaban J connectivity index is 1.91. The second kappa shape index (κ2) is 7.41. The number of ether oxygens (including phenoxy) is 1. The van der Waals surface area contributed by atoms with Gasteiger partial charge in [0.25, 0.3) is 0 Å². The molecule has 2 rings (SSSR count). The van der Waals surface area contributed by atoms with Crippen LogP contribution in [0.1, 0.15) is 31.4 Å². The molecule has 2 atom stereocenters. The maximum atomic E-state index is 12.1. The van der Waals surface area contributed by atoms with Crippen molar-refractivity contribution in [2.75, 3.05) is 13.2 Å². The van der Waals surface area contributed by atoms with Gasteiger partial charge >= 0.3 is 0 Å². The van der Waals surface area contributed by atoms with E-state index in [0.717, 1.165) is 24.1 Å². The zero-order valence-electron chi connectivity index (χ0n) is 12.3. The van der Waals surface area contributed by atoms with Crippen LogP contribution in [0.4, 0.5) is 0 Å². The van der Waals surface area contributed by atoms with Crippen molar-refractivity contribution in [3.8, 4) is 0 Å². The number of nitrogens with one attached hydrogen (secondary N) is 2. The van der Waals surface area contributed by atoms with E-state index in [2.05, 4.69) is 17.6 Å². The summed E-state index contributed by atoms with van der Waals surface area (Å²) in [5, 5.41) is 6.29. The lowest BCUT2D eigenvalue weighted by atomic mass is 10.0. The fourth-order valence-corrected chi connectivity index (χ4v) is 2.56. The predicted octanol–water partition coefficient (Wildman–Crippen LogP) is 1.84. The Labute approximate surface area is 120 Å². The van der Waals surface area contributed by atoms with Crippen LogP contribution in [0.15, 0.2) is 24.3 Å². The van der Waals surface area contributed by atoms with E-state index in [4.69, 9.17) is 4.74 Å². The molecule has 0 aliphatic carbocycles. The van der Waals surface area contributed by atoms with E-state index in [1.54, 1.807) is 0 Å². The first-order valence-corrected chi connectivity index (χ1v) is 7.38. The molecule has 20 heavy (non-hydrogen) atoms. The molecule has 0 bridgehead atoms. The standard InChI is InChI=1S/C16H24N2O2/c1-3-20-11-14-7-5-4-6-13(14)10-18-16(19)15-12(2)8-9-17-15/h4-7,12,15,17H,3,8-11H2,1-2H3,(H,18,19). The highest BCUT2D eigenvalue weighted by atomic mass is 16.5. The van der Waals surface area contributed by atoms with Crippen molar-refractivity contribution in [3.63, 3.8) is 0 Å². The summed E-state index contributed by atoms with van der Waals surface area (Å²) in [6.45, 7) is 6.89. The van der Waals surface area contributed by atoms with E-state index < -0.39 is 0 Å². The Bertz CT molecular complexity index is 448. The number of hydrogen-bond acceptors (Lipinski definition) is 3. The van der Waals surface area contributed by atoms with Crippen molar-refractivity contribution >= 4 is 5.91 Å². The molecule has 1 heterocycles. The summed E-state index contributed by atoms with van der Waals surface area (Å²) in [5.41, 5.74) is 2.27. The van der Waals surface area contributed by atoms with Gasteiger partial charge in [0.1, 0.15) is 0 Å². The molecule has 0 spiro atoms. The summed E-state index contributed by atoms with van der Waals surface area (Å²) in [7, 11) is 0. The minimum absolute atomic E-state index is 0.0472. The van der Waals surface area contributed by atoms with E-state index in [1.807, 2.05) is 31.2 Å². The van der Waals surface area contributed by atoms with E-state index >= 15 is 0 Å². The highest BCUT2D eigenvalue weighted by Gasteiger charge is 2.28. The van der Waals surface area contributed by atoms with Crippen molar-refractivity contribution in [3.05, 3.63) is 35.4 Å². The zero-order valence-corrected chi connectivity index (χ0v) is 12.3.